The van der Waals surface area contributed by atoms with Gasteiger partial charge in [-0.3, -0.25) is 9.78 Å². The zero-order valence-corrected chi connectivity index (χ0v) is 17.3. The number of amides is 1. The number of carbonyl (C=O) groups is 1. The van der Waals surface area contributed by atoms with Crippen molar-refractivity contribution in [1.29, 1.82) is 0 Å². The number of anilines is 3. The van der Waals surface area contributed by atoms with Gasteiger partial charge in [0, 0.05) is 29.4 Å². The van der Waals surface area contributed by atoms with Crippen molar-refractivity contribution in [2.75, 3.05) is 10.6 Å². The number of nitrogens with one attached hydrogen (secondary N) is 2. The summed E-state index contributed by atoms with van der Waals surface area (Å²) in [6.45, 7) is 0. The van der Waals surface area contributed by atoms with Gasteiger partial charge in [0.1, 0.15) is 11.6 Å². The van der Waals surface area contributed by atoms with Gasteiger partial charge in [0.2, 0.25) is 0 Å². The molecule has 1 saturated carbocycles. The summed E-state index contributed by atoms with van der Waals surface area (Å²) in [5.74, 6) is -1.87. The molecule has 1 aliphatic rings. The molecule has 0 bridgehead atoms. The molecule has 2 heterocycles. The van der Waals surface area contributed by atoms with Crippen LogP contribution in [0.3, 0.4) is 0 Å². The number of hydrogen-bond donors (Lipinski definition) is 4. The Hall–Kier alpha value is -3.59. The lowest BCUT2D eigenvalue weighted by atomic mass is 9.91. The molecule has 166 valence electrons. The summed E-state index contributed by atoms with van der Waals surface area (Å²) in [6.07, 6.45) is 6.69. The lowest BCUT2D eigenvalue weighted by molar-refractivity contribution is 0.100. The number of benzene rings is 1. The molecular formula is C23H24F2N6O. The SMILES string of the molecule is NC(=O)c1cc(F)c(N[C@@H]2CCCC[C@@H]2N)nc1Nc1cncc(-c2ccccc2F)c1. The van der Waals surface area contributed by atoms with E-state index in [2.05, 4.69) is 20.6 Å². The Morgan fingerprint density at radius 3 is 2.56 bits per heavy atom. The van der Waals surface area contributed by atoms with Crippen LogP contribution in [0.15, 0.2) is 48.8 Å². The van der Waals surface area contributed by atoms with E-state index in [0.717, 1.165) is 31.7 Å². The number of pyridine rings is 2. The Bertz CT molecular complexity index is 1140. The molecule has 1 aromatic carbocycles. The highest BCUT2D eigenvalue weighted by Gasteiger charge is 2.24. The number of rotatable bonds is 6. The van der Waals surface area contributed by atoms with Gasteiger partial charge in [-0.05, 0) is 31.0 Å². The number of primary amides is 1. The Kier molecular flexibility index (Phi) is 6.27. The average Bonchev–Trinajstić information content (AvgIpc) is 2.77. The van der Waals surface area contributed by atoms with Gasteiger partial charge in [0.25, 0.3) is 5.91 Å². The van der Waals surface area contributed by atoms with Crippen LogP contribution in [0, 0.1) is 11.6 Å². The molecule has 0 radical (unpaired) electrons. The van der Waals surface area contributed by atoms with E-state index >= 15 is 0 Å². The molecule has 0 saturated heterocycles. The first-order valence-electron chi connectivity index (χ1n) is 10.4. The highest BCUT2D eigenvalue weighted by Crippen LogP contribution is 2.29. The summed E-state index contributed by atoms with van der Waals surface area (Å²) in [5.41, 5.74) is 12.8. The van der Waals surface area contributed by atoms with Crippen molar-refractivity contribution in [3.8, 4) is 11.1 Å². The molecule has 2 atom stereocenters. The van der Waals surface area contributed by atoms with E-state index in [1.165, 1.54) is 18.5 Å². The molecule has 3 aromatic rings. The number of carbonyl (C=O) groups excluding carboxylic acids is 1. The van der Waals surface area contributed by atoms with Crippen LogP contribution in [0.5, 0.6) is 0 Å². The van der Waals surface area contributed by atoms with Gasteiger partial charge in [-0.15, -0.1) is 0 Å². The van der Waals surface area contributed by atoms with Gasteiger partial charge < -0.3 is 22.1 Å². The fourth-order valence-electron chi connectivity index (χ4n) is 3.88. The largest absolute Gasteiger partial charge is 0.365 e. The average molecular weight is 438 g/mol. The second kappa shape index (κ2) is 9.27. The number of hydrogen-bond acceptors (Lipinski definition) is 6. The van der Waals surface area contributed by atoms with Gasteiger partial charge in [-0.1, -0.05) is 31.0 Å². The molecule has 4 rings (SSSR count). The van der Waals surface area contributed by atoms with Crippen LogP contribution in [0.25, 0.3) is 11.1 Å². The van der Waals surface area contributed by atoms with E-state index in [4.69, 9.17) is 11.5 Å². The summed E-state index contributed by atoms with van der Waals surface area (Å²) >= 11 is 0. The van der Waals surface area contributed by atoms with E-state index in [1.54, 1.807) is 24.3 Å². The first-order chi connectivity index (χ1) is 15.4. The summed E-state index contributed by atoms with van der Waals surface area (Å²) in [7, 11) is 0. The molecule has 0 unspecified atom stereocenters. The summed E-state index contributed by atoms with van der Waals surface area (Å²) in [4.78, 5) is 20.3. The fraction of sp³-hybridized carbons (Fsp3) is 0.261. The predicted molar refractivity (Wildman–Crippen MR) is 119 cm³/mol. The van der Waals surface area contributed by atoms with Crippen LogP contribution >= 0.6 is 0 Å². The molecule has 32 heavy (non-hydrogen) atoms. The van der Waals surface area contributed by atoms with Crippen LogP contribution in [-0.2, 0) is 0 Å². The standard InChI is InChI=1S/C23H24F2N6O/c24-17-6-2-1-5-15(17)13-9-14(12-28-11-13)29-22-16(21(27)32)10-18(25)23(31-22)30-20-8-4-3-7-19(20)26/h1-2,5-6,9-12,19-20H,3-4,7-8,26H2,(H2,27,32)(H2,29,30,31)/t19-,20+/m0/s1. The fourth-order valence-corrected chi connectivity index (χ4v) is 3.88. The van der Waals surface area contributed by atoms with Gasteiger partial charge in [0.15, 0.2) is 11.6 Å². The van der Waals surface area contributed by atoms with Crippen LogP contribution in [0.2, 0.25) is 0 Å². The third-order valence-electron chi connectivity index (χ3n) is 5.57. The summed E-state index contributed by atoms with van der Waals surface area (Å²) in [5, 5.41) is 6.03. The molecule has 1 fully saturated rings. The minimum Gasteiger partial charge on any atom is -0.365 e. The molecular weight excluding hydrogens is 414 g/mol. The quantitative estimate of drug-likeness (QED) is 0.463. The van der Waals surface area contributed by atoms with Crippen LogP contribution in [0.4, 0.5) is 26.1 Å². The first kappa shape index (κ1) is 21.6. The number of nitrogens with two attached hydrogens (primary N) is 2. The molecule has 0 spiro atoms. The van der Waals surface area contributed by atoms with E-state index < -0.39 is 11.7 Å². The maximum Gasteiger partial charge on any atom is 0.252 e. The third-order valence-corrected chi connectivity index (χ3v) is 5.57. The number of halogens is 2. The lowest BCUT2D eigenvalue weighted by Gasteiger charge is -2.30. The minimum atomic E-state index is -0.835. The Balaban J connectivity index is 1.66. The molecule has 9 heteroatoms. The molecule has 2 aromatic heterocycles. The Morgan fingerprint density at radius 2 is 1.81 bits per heavy atom. The highest BCUT2D eigenvalue weighted by molar-refractivity contribution is 5.98. The van der Waals surface area contributed by atoms with Gasteiger partial charge in [0.05, 0.1) is 17.4 Å². The van der Waals surface area contributed by atoms with Crippen molar-refractivity contribution >= 4 is 23.2 Å². The zero-order valence-electron chi connectivity index (χ0n) is 17.3. The lowest BCUT2D eigenvalue weighted by Crippen LogP contribution is -2.43. The second-order valence-electron chi connectivity index (χ2n) is 7.85. The van der Waals surface area contributed by atoms with Crippen LogP contribution in [-0.4, -0.2) is 28.0 Å². The van der Waals surface area contributed by atoms with E-state index in [0.29, 0.717) is 16.8 Å². The van der Waals surface area contributed by atoms with E-state index in [9.17, 15) is 13.6 Å². The predicted octanol–water partition coefficient (Wildman–Crippen LogP) is 3.95. The van der Waals surface area contributed by atoms with E-state index in [1.807, 2.05) is 0 Å². The zero-order chi connectivity index (χ0) is 22.7. The van der Waals surface area contributed by atoms with Gasteiger partial charge >= 0.3 is 0 Å². The molecule has 0 aliphatic heterocycles. The number of aromatic nitrogens is 2. The van der Waals surface area contributed by atoms with E-state index in [-0.39, 0.29) is 35.1 Å². The topological polar surface area (TPSA) is 119 Å². The smallest absolute Gasteiger partial charge is 0.252 e. The molecule has 6 N–H and O–H groups in total. The minimum absolute atomic E-state index is 0.0157. The highest BCUT2D eigenvalue weighted by atomic mass is 19.1. The molecule has 1 aliphatic carbocycles. The van der Waals surface area contributed by atoms with Crippen molar-refractivity contribution in [3.05, 3.63) is 66.0 Å². The maximum absolute atomic E-state index is 14.7. The van der Waals surface area contributed by atoms with Gasteiger partial charge in [-0.25, -0.2) is 13.8 Å². The third kappa shape index (κ3) is 4.67. The number of nitrogens with zero attached hydrogens (tertiary/aromatic N) is 2. The van der Waals surface area contributed by atoms with Crippen molar-refractivity contribution in [1.82, 2.24) is 9.97 Å². The monoisotopic (exact) mass is 438 g/mol. The first-order valence-corrected chi connectivity index (χ1v) is 10.4. The van der Waals surface area contributed by atoms with Crippen molar-refractivity contribution in [2.45, 2.75) is 37.8 Å². The summed E-state index contributed by atoms with van der Waals surface area (Å²) < 4.78 is 28.9. The van der Waals surface area contributed by atoms with Crippen LogP contribution in [0.1, 0.15) is 36.0 Å². The maximum atomic E-state index is 14.7. The molecule has 7 nitrogen and oxygen atoms in total. The van der Waals surface area contributed by atoms with Crippen LogP contribution < -0.4 is 22.1 Å². The summed E-state index contributed by atoms with van der Waals surface area (Å²) in [6, 6.07) is 8.78. The van der Waals surface area contributed by atoms with Crippen molar-refractivity contribution in [3.63, 3.8) is 0 Å². The molecule has 1 amide bonds. The van der Waals surface area contributed by atoms with Gasteiger partial charge in [-0.2, -0.15) is 0 Å². The Labute approximate surface area is 184 Å². The van der Waals surface area contributed by atoms with Crippen molar-refractivity contribution < 1.29 is 13.6 Å². The normalized spacial score (nSPS) is 18.2. The second-order valence-corrected chi connectivity index (χ2v) is 7.85. The van der Waals surface area contributed by atoms with Crippen molar-refractivity contribution in [2.24, 2.45) is 11.5 Å². The Morgan fingerprint density at radius 1 is 1.03 bits per heavy atom.